The van der Waals surface area contributed by atoms with Crippen LogP contribution in [0.25, 0.3) is 0 Å². The van der Waals surface area contributed by atoms with Crippen molar-refractivity contribution in [3.05, 3.63) is 29.8 Å². The van der Waals surface area contributed by atoms with Gasteiger partial charge in [0.25, 0.3) is 0 Å². The molecule has 1 aromatic carbocycles. The van der Waals surface area contributed by atoms with Crippen molar-refractivity contribution < 1.29 is 4.74 Å². The number of nitrogens with one attached hydrogen (secondary N) is 1. The summed E-state index contributed by atoms with van der Waals surface area (Å²) in [6.07, 6.45) is 0.970. The summed E-state index contributed by atoms with van der Waals surface area (Å²) < 4.78 is 5.57. The number of benzene rings is 1. The van der Waals surface area contributed by atoms with Crippen molar-refractivity contribution in [2.24, 2.45) is 0 Å². The smallest absolute Gasteiger partial charge is 0.119 e. The fraction of sp³-hybridized carbons (Fsp3) is 0.500. The van der Waals surface area contributed by atoms with Crippen LogP contribution in [0.3, 0.4) is 0 Å². The first-order chi connectivity index (χ1) is 8.01. The average Bonchev–Trinajstić information content (AvgIpc) is 2.28. The summed E-state index contributed by atoms with van der Waals surface area (Å²) in [5, 5.41) is 12.1. The van der Waals surface area contributed by atoms with Crippen LogP contribution in [0.15, 0.2) is 24.3 Å². The molecule has 1 N–H and O–H groups in total. The Labute approximate surface area is 103 Å². The van der Waals surface area contributed by atoms with Crippen LogP contribution in [-0.2, 0) is 0 Å². The number of rotatable bonds is 5. The SMILES string of the molecule is CC(C)(C)NCCCOc1ccc(C#N)cc1. The Morgan fingerprint density at radius 3 is 2.41 bits per heavy atom. The lowest BCUT2D eigenvalue weighted by atomic mass is 10.1. The maximum atomic E-state index is 8.65. The van der Waals surface area contributed by atoms with Crippen LogP contribution in [0.1, 0.15) is 32.8 Å². The first-order valence-electron chi connectivity index (χ1n) is 5.89. The highest BCUT2D eigenvalue weighted by Gasteiger charge is 2.06. The summed E-state index contributed by atoms with van der Waals surface area (Å²) >= 11 is 0. The normalized spacial score (nSPS) is 10.9. The molecule has 1 rings (SSSR count). The van der Waals surface area contributed by atoms with Gasteiger partial charge in [-0.3, -0.25) is 0 Å². The van der Waals surface area contributed by atoms with E-state index in [1.807, 2.05) is 12.1 Å². The van der Waals surface area contributed by atoms with E-state index in [1.54, 1.807) is 12.1 Å². The van der Waals surface area contributed by atoms with Gasteiger partial charge in [-0.25, -0.2) is 0 Å². The Balaban J connectivity index is 2.20. The van der Waals surface area contributed by atoms with Gasteiger partial charge in [0.1, 0.15) is 5.75 Å². The van der Waals surface area contributed by atoms with Crippen LogP contribution in [0, 0.1) is 11.3 Å². The van der Waals surface area contributed by atoms with Crippen molar-refractivity contribution in [2.45, 2.75) is 32.7 Å². The number of hydrogen-bond acceptors (Lipinski definition) is 3. The zero-order chi connectivity index (χ0) is 12.7. The Bertz CT molecular complexity index is 371. The van der Waals surface area contributed by atoms with Gasteiger partial charge in [-0.1, -0.05) is 0 Å². The molecular formula is C14H20N2O. The summed E-state index contributed by atoms with van der Waals surface area (Å²) in [6, 6.07) is 9.27. The van der Waals surface area contributed by atoms with Gasteiger partial charge in [-0.05, 0) is 58.0 Å². The van der Waals surface area contributed by atoms with E-state index in [9.17, 15) is 0 Å². The van der Waals surface area contributed by atoms with Crippen LogP contribution in [0.2, 0.25) is 0 Å². The predicted molar refractivity (Wildman–Crippen MR) is 69.0 cm³/mol. The van der Waals surface area contributed by atoms with E-state index in [0.29, 0.717) is 12.2 Å². The summed E-state index contributed by atoms with van der Waals surface area (Å²) in [4.78, 5) is 0. The van der Waals surface area contributed by atoms with Gasteiger partial charge < -0.3 is 10.1 Å². The first-order valence-corrected chi connectivity index (χ1v) is 5.89. The molecule has 3 nitrogen and oxygen atoms in total. The standard InChI is InChI=1S/C14H20N2O/c1-14(2,3)16-9-4-10-17-13-7-5-12(11-15)6-8-13/h5-8,16H,4,9-10H2,1-3H3. The number of hydrogen-bond donors (Lipinski definition) is 1. The predicted octanol–water partition coefficient (Wildman–Crippen LogP) is 2.72. The van der Waals surface area contributed by atoms with Gasteiger partial charge in [0.05, 0.1) is 18.2 Å². The minimum Gasteiger partial charge on any atom is -0.494 e. The van der Waals surface area contributed by atoms with Gasteiger partial charge in [0.15, 0.2) is 0 Å². The molecule has 0 amide bonds. The minimum absolute atomic E-state index is 0.161. The highest BCUT2D eigenvalue weighted by molar-refractivity contribution is 5.34. The summed E-state index contributed by atoms with van der Waals surface area (Å²) in [5.41, 5.74) is 0.820. The molecule has 3 heteroatoms. The molecule has 0 fully saturated rings. The second-order valence-electron chi connectivity index (χ2n) is 5.01. The Hall–Kier alpha value is -1.53. The lowest BCUT2D eigenvalue weighted by Crippen LogP contribution is -2.36. The lowest BCUT2D eigenvalue weighted by molar-refractivity contribution is 0.298. The minimum atomic E-state index is 0.161. The monoisotopic (exact) mass is 232 g/mol. The Kier molecular flexibility index (Phi) is 4.99. The molecule has 17 heavy (non-hydrogen) atoms. The maximum Gasteiger partial charge on any atom is 0.119 e. The number of nitrogens with zero attached hydrogens (tertiary/aromatic N) is 1. The van der Waals surface area contributed by atoms with Crippen LogP contribution in [0.5, 0.6) is 5.75 Å². The third kappa shape index (κ3) is 5.94. The molecule has 0 spiro atoms. The van der Waals surface area contributed by atoms with Crippen molar-refractivity contribution in [1.29, 1.82) is 5.26 Å². The second-order valence-corrected chi connectivity index (χ2v) is 5.01. The number of ether oxygens (including phenoxy) is 1. The van der Waals surface area contributed by atoms with E-state index in [1.165, 1.54) is 0 Å². The van der Waals surface area contributed by atoms with Gasteiger partial charge in [-0.15, -0.1) is 0 Å². The summed E-state index contributed by atoms with van der Waals surface area (Å²) in [7, 11) is 0. The molecule has 0 saturated carbocycles. The molecule has 0 saturated heterocycles. The first kappa shape index (κ1) is 13.5. The molecule has 1 aromatic rings. The molecule has 0 unspecified atom stereocenters. The van der Waals surface area contributed by atoms with Gasteiger partial charge in [0.2, 0.25) is 0 Å². The van der Waals surface area contributed by atoms with Crippen LogP contribution < -0.4 is 10.1 Å². The summed E-state index contributed by atoms with van der Waals surface area (Å²) in [6.45, 7) is 8.08. The van der Waals surface area contributed by atoms with E-state index < -0.39 is 0 Å². The zero-order valence-corrected chi connectivity index (χ0v) is 10.8. The van der Waals surface area contributed by atoms with Crippen LogP contribution >= 0.6 is 0 Å². The fourth-order valence-corrected chi connectivity index (χ4v) is 1.35. The van der Waals surface area contributed by atoms with Crippen molar-refractivity contribution in [2.75, 3.05) is 13.2 Å². The van der Waals surface area contributed by atoms with E-state index in [-0.39, 0.29) is 5.54 Å². The van der Waals surface area contributed by atoms with Gasteiger partial charge in [0, 0.05) is 5.54 Å². The highest BCUT2D eigenvalue weighted by atomic mass is 16.5. The van der Waals surface area contributed by atoms with Crippen molar-refractivity contribution >= 4 is 0 Å². The Morgan fingerprint density at radius 2 is 1.88 bits per heavy atom. The zero-order valence-electron chi connectivity index (χ0n) is 10.8. The summed E-state index contributed by atoms with van der Waals surface area (Å²) in [5.74, 6) is 0.819. The van der Waals surface area contributed by atoms with E-state index in [4.69, 9.17) is 10.00 Å². The highest BCUT2D eigenvalue weighted by Crippen LogP contribution is 2.11. The quantitative estimate of drug-likeness (QED) is 0.794. The third-order valence-electron chi connectivity index (χ3n) is 2.23. The largest absolute Gasteiger partial charge is 0.494 e. The molecule has 92 valence electrons. The molecule has 0 aliphatic heterocycles. The molecule has 0 atom stereocenters. The molecular weight excluding hydrogens is 212 g/mol. The topological polar surface area (TPSA) is 45.0 Å². The Morgan fingerprint density at radius 1 is 1.24 bits per heavy atom. The second kappa shape index (κ2) is 6.27. The van der Waals surface area contributed by atoms with Crippen LogP contribution in [0.4, 0.5) is 0 Å². The molecule has 0 bridgehead atoms. The van der Waals surface area contributed by atoms with Crippen LogP contribution in [-0.4, -0.2) is 18.7 Å². The van der Waals surface area contributed by atoms with Gasteiger partial charge >= 0.3 is 0 Å². The number of nitriles is 1. The molecule has 0 aliphatic rings. The van der Waals surface area contributed by atoms with E-state index >= 15 is 0 Å². The van der Waals surface area contributed by atoms with Gasteiger partial charge in [-0.2, -0.15) is 5.26 Å². The maximum absolute atomic E-state index is 8.65. The lowest BCUT2D eigenvalue weighted by Gasteiger charge is -2.20. The average molecular weight is 232 g/mol. The van der Waals surface area contributed by atoms with E-state index in [2.05, 4.69) is 32.2 Å². The van der Waals surface area contributed by atoms with E-state index in [0.717, 1.165) is 18.7 Å². The van der Waals surface area contributed by atoms with Crippen molar-refractivity contribution in [3.63, 3.8) is 0 Å². The molecule has 0 heterocycles. The molecule has 0 radical (unpaired) electrons. The molecule has 0 aliphatic carbocycles. The van der Waals surface area contributed by atoms with Crippen molar-refractivity contribution in [1.82, 2.24) is 5.32 Å². The molecule has 0 aromatic heterocycles. The fourth-order valence-electron chi connectivity index (χ4n) is 1.35. The third-order valence-corrected chi connectivity index (χ3v) is 2.23. The van der Waals surface area contributed by atoms with Crippen molar-refractivity contribution in [3.8, 4) is 11.8 Å².